The van der Waals surface area contributed by atoms with Crippen LogP contribution in [0.1, 0.15) is 39.7 Å². The Labute approximate surface area is 197 Å². The number of hydrogen-bond donors (Lipinski definition) is 0. The van der Waals surface area contributed by atoms with Crippen LogP contribution in [0.2, 0.25) is 5.02 Å². The summed E-state index contributed by atoms with van der Waals surface area (Å²) in [6.45, 7) is 1.96. The number of benzene rings is 2. The Morgan fingerprint density at radius 2 is 1.88 bits per heavy atom. The van der Waals surface area contributed by atoms with Crippen LogP contribution in [0.15, 0.2) is 45.6 Å². The van der Waals surface area contributed by atoms with Gasteiger partial charge < -0.3 is 13.9 Å². The molecule has 0 N–H and O–H groups in total. The van der Waals surface area contributed by atoms with Crippen LogP contribution < -0.4 is 19.8 Å². The number of hydrogen-bond acceptors (Lipinski definition) is 8. The van der Waals surface area contributed by atoms with E-state index >= 15 is 0 Å². The monoisotopic (exact) mass is 483 g/mol. The molecule has 0 radical (unpaired) electrons. The summed E-state index contributed by atoms with van der Waals surface area (Å²) < 4.78 is 16.7. The molecule has 5 rings (SSSR count). The Kier molecular flexibility index (Phi) is 5.30. The minimum atomic E-state index is -0.787. The van der Waals surface area contributed by atoms with Gasteiger partial charge in [-0.1, -0.05) is 35.9 Å². The quantitative estimate of drug-likeness (QED) is 0.408. The van der Waals surface area contributed by atoms with Crippen molar-refractivity contribution in [3.63, 3.8) is 0 Å². The van der Waals surface area contributed by atoms with Crippen molar-refractivity contribution >= 4 is 44.9 Å². The molecule has 2 aromatic heterocycles. The van der Waals surface area contributed by atoms with Crippen LogP contribution in [0.5, 0.6) is 11.5 Å². The van der Waals surface area contributed by atoms with Crippen molar-refractivity contribution in [1.29, 1.82) is 0 Å². The summed E-state index contributed by atoms with van der Waals surface area (Å²) in [6, 6.07) is 9.20. The second kappa shape index (κ2) is 8.17. The lowest BCUT2D eigenvalue weighted by Gasteiger charge is -2.23. The molecule has 0 bridgehead atoms. The van der Waals surface area contributed by atoms with E-state index in [1.807, 2.05) is 6.92 Å². The highest BCUT2D eigenvalue weighted by atomic mass is 35.5. The van der Waals surface area contributed by atoms with E-state index < -0.39 is 11.9 Å². The average Bonchev–Trinajstić information content (AvgIpc) is 3.41. The van der Waals surface area contributed by atoms with Gasteiger partial charge in [-0.2, -0.15) is 0 Å². The minimum Gasteiger partial charge on any atom is -0.493 e. The minimum absolute atomic E-state index is 0.0251. The zero-order valence-corrected chi connectivity index (χ0v) is 19.5. The van der Waals surface area contributed by atoms with E-state index in [0.29, 0.717) is 39.0 Å². The topological polar surface area (TPSA) is 94.8 Å². The first-order valence-corrected chi connectivity index (χ1v) is 11.3. The largest absolute Gasteiger partial charge is 0.493 e. The number of aromatic nitrogens is 2. The van der Waals surface area contributed by atoms with Gasteiger partial charge in [0.1, 0.15) is 10.6 Å². The molecule has 33 heavy (non-hydrogen) atoms. The van der Waals surface area contributed by atoms with Crippen LogP contribution >= 0.6 is 22.9 Å². The predicted molar refractivity (Wildman–Crippen MR) is 125 cm³/mol. The van der Waals surface area contributed by atoms with E-state index in [9.17, 15) is 9.59 Å². The van der Waals surface area contributed by atoms with Gasteiger partial charge >= 0.3 is 0 Å². The van der Waals surface area contributed by atoms with Crippen LogP contribution in [-0.2, 0) is 6.42 Å². The van der Waals surface area contributed by atoms with E-state index in [2.05, 4.69) is 10.2 Å². The molecule has 0 spiro atoms. The molecule has 0 aliphatic carbocycles. The molecular formula is C23H18ClN3O5S. The van der Waals surface area contributed by atoms with E-state index in [0.717, 1.165) is 5.01 Å². The molecule has 0 fully saturated rings. The van der Waals surface area contributed by atoms with Crippen molar-refractivity contribution in [2.24, 2.45) is 0 Å². The molecular weight excluding hydrogens is 466 g/mol. The van der Waals surface area contributed by atoms with Gasteiger partial charge in [-0.05, 0) is 42.3 Å². The third kappa shape index (κ3) is 3.35. The molecule has 10 heteroatoms. The maximum absolute atomic E-state index is 13.6. The number of halogens is 1. The Morgan fingerprint density at radius 3 is 2.58 bits per heavy atom. The molecule has 0 saturated carbocycles. The van der Waals surface area contributed by atoms with Crippen molar-refractivity contribution in [2.45, 2.75) is 19.4 Å². The normalized spacial score (nSPS) is 15.2. The molecule has 168 valence electrons. The van der Waals surface area contributed by atoms with Gasteiger partial charge in [0.05, 0.1) is 31.2 Å². The number of aryl methyl sites for hydroxylation is 1. The Hall–Kier alpha value is -3.43. The fourth-order valence-corrected chi connectivity index (χ4v) is 4.94. The van der Waals surface area contributed by atoms with Gasteiger partial charge in [0, 0.05) is 5.02 Å². The van der Waals surface area contributed by atoms with Crippen LogP contribution in [0.3, 0.4) is 0 Å². The van der Waals surface area contributed by atoms with Gasteiger partial charge in [-0.3, -0.25) is 14.5 Å². The lowest BCUT2D eigenvalue weighted by molar-refractivity contribution is 0.0970. The van der Waals surface area contributed by atoms with Gasteiger partial charge in [0.25, 0.3) is 5.91 Å². The number of carbonyl (C=O) groups is 1. The predicted octanol–water partition coefficient (Wildman–Crippen LogP) is 4.63. The lowest BCUT2D eigenvalue weighted by Crippen LogP contribution is -2.29. The summed E-state index contributed by atoms with van der Waals surface area (Å²) in [5.41, 5.74) is 0.817. The summed E-state index contributed by atoms with van der Waals surface area (Å²) >= 11 is 7.43. The average molecular weight is 484 g/mol. The highest BCUT2D eigenvalue weighted by Gasteiger charge is 2.45. The molecule has 3 heterocycles. The van der Waals surface area contributed by atoms with E-state index in [1.54, 1.807) is 36.4 Å². The zero-order chi connectivity index (χ0) is 23.3. The summed E-state index contributed by atoms with van der Waals surface area (Å²) in [4.78, 5) is 28.7. The first-order chi connectivity index (χ1) is 16.0. The molecule has 1 atom stereocenters. The fourth-order valence-electron chi connectivity index (χ4n) is 3.97. The second-order valence-electron chi connectivity index (χ2n) is 7.34. The summed E-state index contributed by atoms with van der Waals surface area (Å²) in [5.74, 6) is 0.509. The van der Waals surface area contributed by atoms with E-state index in [4.69, 9.17) is 25.5 Å². The van der Waals surface area contributed by atoms with Gasteiger partial charge in [0.2, 0.25) is 10.9 Å². The van der Waals surface area contributed by atoms with Crippen LogP contribution in [0, 0.1) is 0 Å². The summed E-state index contributed by atoms with van der Waals surface area (Å²) in [6.07, 6.45) is 0.674. The maximum Gasteiger partial charge on any atom is 0.297 e. The Bertz CT molecular complexity index is 1460. The third-order valence-electron chi connectivity index (χ3n) is 5.52. The van der Waals surface area contributed by atoms with Crippen molar-refractivity contribution in [1.82, 2.24) is 10.2 Å². The first-order valence-electron chi connectivity index (χ1n) is 10.1. The van der Waals surface area contributed by atoms with Gasteiger partial charge in [0.15, 0.2) is 16.9 Å². The van der Waals surface area contributed by atoms with Crippen molar-refractivity contribution < 1.29 is 18.7 Å². The number of fused-ring (bicyclic) bond motifs is 2. The molecule has 4 aromatic rings. The zero-order valence-electron chi connectivity index (χ0n) is 17.9. The van der Waals surface area contributed by atoms with Crippen molar-refractivity contribution in [3.8, 4) is 11.5 Å². The number of anilines is 1. The second-order valence-corrected chi connectivity index (χ2v) is 8.82. The number of nitrogens with zero attached hydrogens (tertiary/aromatic N) is 3. The van der Waals surface area contributed by atoms with E-state index in [1.165, 1.54) is 30.5 Å². The number of methoxy groups -OCH3 is 2. The number of ether oxygens (including phenoxy) is 2. The molecule has 1 aliphatic heterocycles. The van der Waals surface area contributed by atoms with Gasteiger partial charge in [-0.15, -0.1) is 10.2 Å². The Morgan fingerprint density at radius 1 is 1.09 bits per heavy atom. The molecule has 0 unspecified atom stereocenters. The SMILES string of the molecule is CCc1nnc(N2C(=O)c3oc4ccc(Cl)cc4c(=O)c3[C@@H]2c2ccc(OC)c(OC)c2)s1. The fraction of sp³-hybridized carbons (Fsp3) is 0.217. The third-order valence-corrected chi connectivity index (χ3v) is 6.82. The smallest absolute Gasteiger partial charge is 0.297 e. The summed E-state index contributed by atoms with van der Waals surface area (Å²) in [7, 11) is 3.06. The van der Waals surface area contributed by atoms with Crippen molar-refractivity contribution in [3.05, 3.63) is 73.5 Å². The van der Waals surface area contributed by atoms with E-state index in [-0.39, 0.29) is 22.3 Å². The highest BCUT2D eigenvalue weighted by Crippen LogP contribution is 2.44. The molecule has 1 amide bonds. The first kappa shape index (κ1) is 21.4. The summed E-state index contributed by atoms with van der Waals surface area (Å²) in [5, 5.41) is 10.2. The lowest BCUT2D eigenvalue weighted by atomic mass is 9.98. The molecule has 8 nitrogen and oxygen atoms in total. The Balaban J connectivity index is 1.80. The molecule has 2 aromatic carbocycles. The van der Waals surface area contributed by atoms with Crippen LogP contribution in [0.4, 0.5) is 5.13 Å². The highest BCUT2D eigenvalue weighted by molar-refractivity contribution is 7.15. The number of amides is 1. The van der Waals surface area contributed by atoms with Gasteiger partial charge in [-0.25, -0.2) is 0 Å². The van der Waals surface area contributed by atoms with Crippen LogP contribution in [0.25, 0.3) is 11.0 Å². The number of carbonyl (C=O) groups excluding carboxylic acids is 1. The number of rotatable bonds is 5. The molecule has 1 aliphatic rings. The molecule has 0 saturated heterocycles. The maximum atomic E-state index is 13.6. The van der Waals surface area contributed by atoms with Crippen LogP contribution in [-0.4, -0.2) is 30.3 Å². The van der Waals surface area contributed by atoms with Crippen molar-refractivity contribution in [2.75, 3.05) is 19.1 Å². The standard InChI is InChI=1S/C23H18ClN3O5S/c1-4-17-25-26-23(33-17)27-19(11-5-7-15(30-2)16(9-11)31-3)18-20(28)13-10-12(24)6-8-14(13)32-21(18)22(27)29/h5-10,19H,4H2,1-3H3/t19-/m0/s1.